The Morgan fingerprint density at radius 2 is 2.00 bits per heavy atom. The molecule has 19 heavy (non-hydrogen) atoms. The number of carbonyl (C=O) groups is 1. The summed E-state index contributed by atoms with van der Waals surface area (Å²) in [7, 11) is 3.97. The molecule has 1 aliphatic rings. The van der Waals surface area contributed by atoms with E-state index in [2.05, 4.69) is 16.8 Å². The molecule has 6 heteroatoms. The van der Waals surface area contributed by atoms with Gasteiger partial charge in [-0.2, -0.15) is 0 Å². The van der Waals surface area contributed by atoms with Gasteiger partial charge in [-0.05, 0) is 26.6 Å². The lowest BCUT2D eigenvalue weighted by Crippen LogP contribution is -2.35. The first kappa shape index (κ1) is 16.3. The van der Waals surface area contributed by atoms with Crippen LogP contribution in [0.1, 0.15) is 19.3 Å². The molecule has 1 rings (SSSR count). The molecular weight excluding hydrogens is 260 g/mol. The highest BCUT2D eigenvalue weighted by molar-refractivity contribution is 7.80. The number of hydrogen-bond acceptors (Lipinski definition) is 4. The highest BCUT2D eigenvalue weighted by Crippen LogP contribution is 2.03. The van der Waals surface area contributed by atoms with E-state index in [0.717, 1.165) is 32.7 Å². The highest BCUT2D eigenvalue weighted by Gasteiger charge is 2.14. The Balaban J connectivity index is 2.23. The van der Waals surface area contributed by atoms with Crippen molar-refractivity contribution >= 4 is 23.1 Å². The van der Waals surface area contributed by atoms with E-state index in [1.165, 1.54) is 6.42 Å². The van der Waals surface area contributed by atoms with Gasteiger partial charge in [0.15, 0.2) is 0 Å². The number of carbonyl (C=O) groups excluding carboxylic acids is 1. The van der Waals surface area contributed by atoms with Gasteiger partial charge in [0.1, 0.15) is 0 Å². The van der Waals surface area contributed by atoms with Crippen molar-refractivity contribution in [1.29, 1.82) is 0 Å². The third-order valence-corrected chi connectivity index (χ3v) is 3.78. The van der Waals surface area contributed by atoms with E-state index in [1.807, 2.05) is 7.05 Å². The molecule has 1 saturated heterocycles. The van der Waals surface area contributed by atoms with Crippen LogP contribution in [0.5, 0.6) is 0 Å². The maximum absolute atomic E-state index is 12.0. The van der Waals surface area contributed by atoms with Crippen LogP contribution in [0.4, 0.5) is 0 Å². The predicted octanol–water partition coefficient (Wildman–Crippen LogP) is 0.149. The number of amides is 1. The molecule has 5 nitrogen and oxygen atoms in total. The largest absolute Gasteiger partial charge is 0.393 e. The zero-order valence-corrected chi connectivity index (χ0v) is 12.9. The quantitative estimate of drug-likeness (QED) is 0.705. The van der Waals surface area contributed by atoms with Gasteiger partial charge in [-0.15, -0.1) is 0 Å². The second kappa shape index (κ2) is 8.45. The SMILES string of the molecule is CN1CCCN(CCC(=O)N(C)CCC(N)=S)CC1. The molecule has 2 N–H and O–H groups in total. The Labute approximate surface area is 121 Å². The van der Waals surface area contributed by atoms with E-state index in [4.69, 9.17) is 18.0 Å². The minimum atomic E-state index is 0.175. The van der Waals surface area contributed by atoms with Gasteiger partial charge in [-0.3, -0.25) is 4.79 Å². The second-order valence-electron chi connectivity index (χ2n) is 5.28. The maximum atomic E-state index is 12.0. The van der Waals surface area contributed by atoms with Crippen LogP contribution in [0, 0.1) is 0 Å². The molecule has 0 atom stereocenters. The summed E-state index contributed by atoms with van der Waals surface area (Å²) in [5.41, 5.74) is 5.44. The molecule has 0 spiro atoms. The molecule has 0 radical (unpaired) electrons. The zero-order valence-electron chi connectivity index (χ0n) is 12.1. The fourth-order valence-electron chi connectivity index (χ4n) is 2.17. The van der Waals surface area contributed by atoms with Crippen LogP contribution >= 0.6 is 12.2 Å². The first-order valence-electron chi connectivity index (χ1n) is 6.92. The van der Waals surface area contributed by atoms with Crippen LogP contribution in [0.15, 0.2) is 0 Å². The summed E-state index contributed by atoms with van der Waals surface area (Å²) in [6.07, 6.45) is 2.37. The van der Waals surface area contributed by atoms with Crippen molar-refractivity contribution < 1.29 is 4.79 Å². The third kappa shape index (κ3) is 6.84. The van der Waals surface area contributed by atoms with E-state index in [9.17, 15) is 4.79 Å². The van der Waals surface area contributed by atoms with Gasteiger partial charge in [0.2, 0.25) is 5.91 Å². The molecule has 1 heterocycles. The number of likely N-dealkylation sites (N-methyl/N-ethyl adjacent to an activating group) is 1. The summed E-state index contributed by atoms with van der Waals surface area (Å²) < 4.78 is 0. The number of thiocarbonyl (C=S) groups is 1. The lowest BCUT2D eigenvalue weighted by Gasteiger charge is -2.22. The lowest BCUT2D eigenvalue weighted by molar-refractivity contribution is -0.130. The molecule has 0 saturated carbocycles. The normalized spacial score (nSPS) is 18.0. The maximum Gasteiger partial charge on any atom is 0.223 e. The summed E-state index contributed by atoms with van der Waals surface area (Å²) in [5.74, 6) is 0.175. The minimum Gasteiger partial charge on any atom is -0.393 e. The molecular formula is C13H26N4OS. The van der Waals surface area contributed by atoms with Gasteiger partial charge in [0, 0.05) is 46.1 Å². The third-order valence-electron chi connectivity index (χ3n) is 3.57. The Morgan fingerprint density at radius 1 is 1.26 bits per heavy atom. The van der Waals surface area contributed by atoms with Crippen molar-refractivity contribution in [3.63, 3.8) is 0 Å². The number of hydrogen-bond donors (Lipinski definition) is 1. The van der Waals surface area contributed by atoms with E-state index in [1.54, 1.807) is 4.90 Å². The standard InChI is InChI=1S/C13H26N4OS/c1-15-6-3-7-17(11-10-15)9-5-13(18)16(2)8-4-12(14)19/h3-11H2,1-2H3,(H2,14,19). The minimum absolute atomic E-state index is 0.175. The molecule has 0 aromatic heterocycles. The lowest BCUT2D eigenvalue weighted by atomic mass is 10.3. The van der Waals surface area contributed by atoms with Crippen molar-refractivity contribution in [2.75, 3.05) is 53.4 Å². The fraction of sp³-hybridized carbons (Fsp3) is 0.846. The topological polar surface area (TPSA) is 52.8 Å². The molecule has 0 aromatic rings. The van der Waals surface area contributed by atoms with Gasteiger partial charge >= 0.3 is 0 Å². The summed E-state index contributed by atoms with van der Waals surface area (Å²) in [6.45, 7) is 5.86. The Bertz CT molecular complexity index is 311. The Hall–Kier alpha value is -0.720. The van der Waals surface area contributed by atoms with Gasteiger partial charge in [-0.1, -0.05) is 12.2 Å². The van der Waals surface area contributed by atoms with Crippen LogP contribution in [-0.2, 0) is 4.79 Å². The molecule has 1 amide bonds. The average Bonchev–Trinajstić information content (AvgIpc) is 2.57. The van der Waals surface area contributed by atoms with E-state index in [0.29, 0.717) is 24.4 Å². The monoisotopic (exact) mass is 286 g/mol. The Morgan fingerprint density at radius 3 is 2.68 bits per heavy atom. The van der Waals surface area contributed by atoms with E-state index >= 15 is 0 Å². The van der Waals surface area contributed by atoms with Crippen molar-refractivity contribution in [1.82, 2.24) is 14.7 Å². The van der Waals surface area contributed by atoms with Crippen molar-refractivity contribution in [2.45, 2.75) is 19.3 Å². The second-order valence-corrected chi connectivity index (χ2v) is 5.80. The smallest absolute Gasteiger partial charge is 0.223 e. The fourth-order valence-corrected chi connectivity index (χ4v) is 2.26. The summed E-state index contributed by atoms with van der Waals surface area (Å²) in [4.78, 5) is 18.9. The van der Waals surface area contributed by atoms with Crippen molar-refractivity contribution in [3.8, 4) is 0 Å². The van der Waals surface area contributed by atoms with Crippen LogP contribution in [-0.4, -0.2) is 79.0 Å². The molecule has 110 valence electrons. The summed E-state index contributed by atoms with van der Waals surface area (Å²) in [5, 5.41) is 0. The first-order chi connectivity index (χ1) is 8.99. The average molecular weight is 286 g/mol. The zero-order chi connectivity index (χ0) is 14.3. The van der Waals surface area contributed by atoms with Crippen LogP contribution in [0.3, 0.4) is 0 Å². The number of nitrogens with two attached hydrogens (primary N) is 1. The van der Waals surface area contributed by atoms with Gasteiger partial charge < -0.3 is 20.4 Å². The molecule has 0 unspecified atom stereocenters. The summed E-state index contributed by atoms with van der Waals surface area (Å²) in [6, 6.07) is 0. The Kier molecular flexibility index (Phi) is 7.27. The van der Waals surface area contributed by atoms with Gasteiger partial charge in [-0.25, -0.2) is 0 Å². The molecule has 0 aliphatic carbocycles. The number of nitrogens with zero attached hydrogens (tertiary/aromatic N) is 3. The van der Waals surface area contributed by atoms with Crippen LogP contribution < -0.4 is 5.73 Å². The van der Waals surface area contributed by atoms with Gasteiger partial charge in [0.25, 0.3) is 0 Å². The molecule has 1 aliphatic heterocycles. The van der Waals surface area contributed by atoms with Crippen LogP contribution in [0.2, 0.25) is 0 Å². The van der Waals surface area contributed by atoms with Gasteiger partial charge in [0.05, 0.1) is 4.99 Å². The molecule has 0 aromatic carbocycles. The first-order valence-corrected chi connectivity index (χ1v) is 7.33. The number of rotatable bonds is 6. The predicted molar refractivity (Wildman–Crippen MR) is 82.2 cm³/mol. The highest BCUT2D eigenvalue weighted by atomic mass is 32.1. The van der Waals surface area contributed by atoms with Crippen LogP contribution in [0.25, 0.3) is 0 Å². The van der Waals surface area contributed by atoms with Crippen molar-refractivity contribution in [3.05, 3.63) is 0 Å². The molecule has 0 bridgehead atoms. The molecule has 1 fully saturated rings. The summed E-state index contributed by atoms with van der Waals surface area (Å²) >= 11 is 4.82. The van der Waals surface area contributed by atoms with E-state index in [-0.39, 0.29) is 5.91 Å². The van der Waals surface area contributed by atoms with Crippen molar-refractivity contribution in [2.24, 2.45) is 5.73 Å². The van der Waals surface area contributed by atoms with E-state index < -0.39 is 0 Å².